The predicted octanol–water partition coefficient (Wildman–Crippen LogP) is 1.18. The van der Waals surface area contributed by atoms with Gasteiger partial charge in [0, 0.05) is 0 Å². The normalized spacial score (nSPS) is 11.3. The number of halogens is 5. The van der Waals surface area contributed by atoms with Crippen LogP contribution in [-0.4, -0.2) is 15.0 Å². The van der Waals surface area contributed by atoms with E-state index in [-0.39, 0.29) is 0 Å². The molecule has 0 fully saturated rings. The third-order valence-corrected chi connectivity index (χ3v) is 3.20. The fraction of sp³-hybridized carbons (Fsp3) is 0.125. The summed E-state index contributed by atoms with van der Waals surface area (Å²) in [4.78, 5) is -2.02. The van der Waals surface area contributed by atoms with Gasteiger partial charge in [-0.2, -0.15) is 9.98 Å². The number of hydrogen-bond acceptors (Lipinski definition) is 3. The van der Waals surface area contributed by atoms with Gasteiger partial charge in [0.05, 0.1) is 12.6 Å². The van der Waals surface area contributed by atoms with Crippen molar-refractivity contribution in [1.82, 2.24) is 4.72 Å². The van der Waals surface area contributed by atoms with Crippen LogP contribution in [0, 0.1) is 40.4 Å². The van der Waals surface area contributed by atoms with E-state index in [0.717, 1.165) is 0 Å². The molecule has 0 atom stereocenters. The number of sulfonamides is 1. The van der Waals surface area contributed by atoms with Crippen LogP contribution < -0.4 is 4.72 Å². The van der Waals surface area contributed by atoms with Gasteiger partial charge in [-0.3, -0.25) is 0 Å². The highest BCUT2D eigenvalue weighted by Crippen LogP contribution is 2.26. The molecule has 18 heavy (non-hydrogen) atoms. The average Bonchev–Trinajstić information content (AvgIpc) is 2.31. The van der Waals surface area contributed by atoms with Gasteiger partial charge in [-0.15, -0.1) is 0 Å². The molecule has 10 heteroatoms. The molecule has 0 unspecified atom stereocenters. The van der Waals surface area contributed by atoms with Gasteiger partial charge in [0.25, 0.3) is 0 Å². The van der Waals surface area contributed by atoms with Crippen molar-refractivity contribution in [3.63, 3.8) is 0 Å². The molecule has 0 heterocycles. The molecule has 0 aliphatic heterocycles. The third kappa shape index (κ3) is 2.27. The van der Waals surface area contributed by atoms with Gasteiger partial charge in [0.2, 0.25) is 15.8 Å². The van der Waals surface area contributed by atoms with Crippen molar-refractivity contribution < 1.29 is 30.4 Å². The van der Waals surface area contributed by atoms with Crippen molar-refractivity contribution >= 4 is 10.0 Å². The fourth-order valence-corrected chi connectivity index (χ4v) is 2.07. The second kappa shape index (κ2) is 4.87. The molecule has 1 rings (SSSR count). The van der Waals surface area contributed by atoms with Crippen molar-refractivity contribution in [2.24, 2.45) is 0 Å². The van der Waals surface area contributed by atoms with Crippen molar-refractivity contribution in [3.05, 3.63) is 29.1 Å². The van der Waals surface area contributed by atoms with Crippen LogP contribution in [0.5, 0.6) is 0 Å². The van der Waals surface area contributed by atoms with Crippen LogP contribution in [0.1, 0.15) is 0 Å². The van der Waals surface area contributed by atoms with E-state index in [9.17, 15) is 30.4 Å². The van der Waals surface area contributed by atoms with Crippen LogP contribution in [0.4, 0.5) is 22.0 Å². The summed E-state index contributed by atoms with van der Waals surface area (Å²) in [6, 6.07) is 1.28. The van der Waals surface area contributed by atoms with Gasteiger partial charge in [-0.1, -0.05) is 0 Å². The lowest BCUT2D eigenvalue weighted by Crippen LogP contribution is -2.27. The van der Waals surface area contributed by atoms with Gasteiger partial charge < -0.3 is 0 Å². The molecule has 0 spiro atoms. The first-order valence-corrected chi connectivity index (χ1v) is 5.60. The van der Waals surface area contributed by atoms with E-state index >= 15 is 0 Å². The Morgan fingerprint density at radius 3 is 1.72 bits per heavy atom. The highest BCUT2D eigenvalue weighted by molar-refractivity contribution is 7.89. The third-order valence-electron chi connectivity index (χ3n) is 1.78. The van der Waals surface area contributed by atoms with Crippen LogP contribution in [0.3, 0.4) is 0 Å². The molecule has 0 saturated heterocycles. The summed E-state index contributed by atoms with van der Waals surface area (Å²) < 4.78 is 88.2. The maximum atomic E-state index is 13.1. The zero-order valence-electron chi connectivity index (χ0n) is 8.27. The van der Waals surface area contributed by atoms with Crippen molar-refractivity contribution in [2.45, 2.75) is 4.90 Å². The minimum atomic E-state index is -5.01. The minimum absolute atomic E-state index is 0.887. The number of hydrogen-bond donors (Lipinski definition) is 1. The Morgan fingerprint density at radius 1 is 0.944 bits per heavy atom. The molecule has 4 nitrogen and oxygen atoms in total. The first-order valence-electron chi connectivity index (χ1n) is 4.12. The largest absolute Gasteiger partial charge is 0.247 e. The van der Waals surface area contributed by atoms with Crippen LogP contribution >= 0.6 is 0 Å². The summed E-state index contributed by atoms with van der Waals surface area (Å²) in [6.07, 6.45) is 0. The summed E-state index contributed by atoms with van der Waals surface area (Å²) in [5, 5.41) is 8.10. The topological polar surface area (TPSA) is 70.0 Å². The smallest absolute Gasteiger partial charge is 0.207 e. The van der Waals surface area contributed by atoms with Crippen molar-refractivity contribution in [2.75, 3.05) is 6.54 Å². The van der Waals surface area contributed by atoms with E-state index in [4.69, 9.17) is 5.26 Å². The molecule has 1 N–H and O–H groups in total. The number of nitriles is 1. The van der Waals surface area contributed by atoms with Crippen molar-refractivity contribution in [1.29, 1.82) is 5.26 Å². The second-order valence-corrected chi connectivity index (χ2v) is 4.59. The first-order chi connectivity index (χ1) is 8.24. The Balaban J connectivity index is 3.58. The standard InChI is InChI=1S/C8H3F5N2O2S/c9-3-4(10)6(12)8(7(13)5(3)11)18(16,17)15-2-1-14/h15H,2H2. The summed E-state index contributed by atoms with van der Waals surface area (Å²) >= 11 is 0. The van der Waals surface area contributed by atoms with Crippen LogP contribution in [-0.2, 0) is 10.0 Å². The molecule has 0 aliphatic carbocycles. The van der Waals surface area contributed by atoms with E-state index in [1.165, 1.54) is 10.8 Å². The maximum absolute atomic E-state index is 13.1. The zero-order valence-corrected chi connectivity index (χ0v) is 9.09. The average molecular weight is 286 g/mol. The number of rotatable bonds is 3. The second-order valence-electron chi connectivity index (χ2n) is 2.88. The Kier molecular flexibility index (Phi) is 3.88. The summed E-state index contributed by atoms with van der Waals surface area (Å²) in [5.74, 6) is -12.2. The molecule has 0 bridgehead atoms. The summed E-state index contributed by atoms with van der Waals surface area (Å²) in [6.45, 7) is -0.887. The summed E-state index contributed by atoms with van der Waals surface area (Å²) in [7, 11) is -5.01. The Hall–Kier alpha value is -1.73. The molecular formula is C8H3F5N2O2S. The van der Waals surface area contributed by atoms with Crippen LogP contribution in [0.25, 0.3) is 0 Å². The van der Waals surface area contributed by atoms with E-state index < -0.39 is 50.5 Å². The number of nitrogens with one attached hydrogen (secondary N) is 1. The van der Waals surface area contributed by atoms with Gasteiger partial charge in [-0.05, 0) is 0 Å². The van der Waals surface area contributed by atoms with E-state index in [2.05, 4.69) is 0 Å². The van der Waals surface area contributed by atoms with Gasteiger partial charge in [0.15, 0.2) is 28.2 Å². The molecule has 98 valence electrons. The van der Waals surface area contributed by atoms with E-state index in [1.54, 1.807) is 0 Å². The SMILES string of the molecule is N#CCNS(=O)(=O)c1c(F)c(F)c(F)c(F)c1F. The Morgan fingerprint density at radius 2 is 1.33 bits per heavy atom. The molecule has 0 aromatic heterocycles. The maximum Gasteiger partial charge on any atom is 0.247 e. The molecule has 1 aromatic rings. The molecule has 0 radical (unpaired) electrons. The summed E-state index contributed by atoms with van der Waals surface area (Å²) in [5.41, 5.74) is 0. The lowest BCUT2D eigenvalue weighted by molar-refractivity contribution is 0.357. The van der Waals surface area contributed by atoms with Gasteiger partial charge in [0.1, 0.15) is 0 Å². The molecule has 0 saturated carbocycles. The van der Waals surface area contributed by atoms with Crippen LogP contribution in [0.15, 0.2) is 4.90 Å². The number of nitrogens with zero attached hydrogens (tertiary/aromatic N) is 1. The monoisotopic (exact) mass is 286 g/mol. The van der Waals surface area contributed by atoms with Gasteiger partial charge in [-0.25, -0.2) is 30.4 Å². The lowest BCUT2D eigenvalue weighted by Gasteiger charge is -2.08. The quantitative estimate of drug-likeness (QED) is 0.392. The highest BCUT2D eigenvalue weighted by Gasteiger charge is 2.33. The van der Waals surface area contributed by atoms with E-state index in [0.29, 0.717) is 0 Å². The molecule has 1 aromatic carbocycles. The number of benzene rings is 1. The highest BCUT2D eigenvalue weighted by atomic mass is 32.2. The van der Waals surface area contributed by atoms with Gasteiger partial charge >= 0.3 is 0 Å². The first kappa shape index (κ1) is 14.3. The fourth-order valence-electron chi connectivity index (χ4n) is 1.02. The van der Waals surface area contributed by atoms with Crippen LogP contribution in [0.2, 0.25) is 0 Å². The minimum Gasteiger partial charge on any atom is -0.207 e. The van der Waals surface area contributed by atoms with Crippen molar-refractivity contribution in [3.8, 4) is 6.07 Å². The molecular weight excluding hydrogens is 283 g/mol. The Bertz CT molecular complexity index is 609. The molecule has 0 amide bonds. The van der Waals surface area contributed by atoms with E-state index in [1.807, 2.05) is 0 Å². The Labute approximate surface area is 97.7 Å². The lowest BCUT2D eigenvalue weighted by atomic mass is 10.3. The predicted molar refractivity (Wildman–Crippen MR) is 47.0 cm³/mol. The zero-order chi connectivity index (χ0) is 14.1. The molecule has 0 aliphatic rings.